The van der Waals surface area contributed by atoms with Gasteiger partial charge in [-0.2, -0.15) is 0 Å². The third-order valence-corrected chi connectivity index (χ3v) is 2.54. The van der Waals surface area contributed by atoms with Crippen LogP contribution in [0.3, 0.4) is 0 Å². The molecule has 1 aromatic carbocycles. The Labute approximate surface area is 98.5 Å². The predicted molar refractivity (Wildman–Crippen MR) is 62.1 cm³/mol. The van der Waals surface area contributed by atoms with Crippen LogP contribution >= 0.6 is 23.2 Å². The number of halogens is 2. The third kappa shape index (κ3) is 2.76. The number of amides is 1. The standard InChI is InChI=1S/C10H11Cl2NO2/c1-13(10(14)6-11)7-3-4-9(15-2)8(12)5-7/h3-5H,6H2,1-2H3. The molecule has 0 aliphatic heterocycles. The first-order valence-electron chi connectivity index (χ1n) is 4.26. The van der Waals surface area contributed by atoms with Gasteiger partial charge in [0.2, 0.25) is 5.91 Å². The highest BCUT2D eigenvalue weighted by atomic mass is 35.5. The molecule has 0 unspecified atom stereocenters. The fourth-order valence-electron chi connectivity index (χ4n) is 1.10. The smallest absolute Gasteiger partial charge is 0.241 e. The van der Waals surface area contributed by atoms with Crippen LogP contribution in [0.2, 0.25) is 5.02 Å². The lowest BCUT2D eigenvalue weighted by Crippen LogP contribution is -2.27. The number of hydrogen-bond donors (Lipinski definition) is 0. The maximum Gasteiger partial charge on any atom is 0.241 e. The van der Waals surface area contributed by atoms with Crippen LogP contribution in [0.5, 0.6) is 5.75 Å². The SMILES string of the molecule is COc1ccc(N(C)C(=O)CCl)cc1Cl. The Morgan fingerprint density at radius 3 is 2.67 bits per heavy atom. The second kappa shape index (κ2) is 5.24. The van der Waals surface area contributed by atoms with Gasteiger partial charge in [0.05, 0.1) is 12.1 Å². The Hall–Kier alpha value is -0.930. The van der Waals surface area contributed by atoms with Crippen LogP contribution in [0, 0.1) is 0 Å². The zero-order chi connectivity index (χ0) is 11.4. The Bertz CT molecular complexity index is 368. The second-order valence-electron chi connectivity index (χ2n) is 2.91. The van der Waals surface area contributed by atoms with Crippen LogP contribution in [0.25, 0.3) is 0 Å². The largest absolute Gasteiger partial charge is 0.495 e. The molecule has 0 aliphatic rings. The first-order valence-corrected chi connectivity index (χ1v) is 5.17. The number of benzene rings is 1. The van der Waals surface area contributed by atoms with Gasteiger partial charge in [0.15, 0.2) is 0 Å². The molecule has 0 saturated heterocycles. The van der Waals surface area contributed by atoms with E-state index in [-0.39, 0.29) is 11.8 Å². The Morgan fingerprint density at radius 1 is 1.53 bits per heavy atom. The summed E-state index contributed by atoms with van der Waals surface area (Å²) < 4.78 is 5.01. The molecule has 0 saturated carbocycles. The number of methoxy groups -OCH3 is 1. The van der Waals surface area contributed by atoms with E-state index in [2.05, 4.69) is 0 Å². The summed E-state index contributed by atoms with van der Waals surface area (Å²) in [4.78, 5) is 12.7. The van der Waals surface area contributed by atoms with E-state index in [4.69, 9.17) is 27.9 Å². The van der Waals surface area contributed by atoms with Crippen LogP contribution in [0.15, 0.2) is 18.2 Å². The normalized spacial score (nSPS) is 9.87. The number of carbonyl (C=O) groups is 1. The topological polar surface area (TPSA) is 29.5 Å². The number of ether oxygens (including phenoxy) is 1. The zero-order valence-electron chi connectivity index (χ0n) is 8.46. The lowest BCUT2D eigenvalue weighted by atomic mass is 10.3. The van der Waals surface area contributed by atoms with Gasteiger partial charge in [-0.05, 0) is 18.2 Å². The molecule has 1 rings (SSSR count). The fourth-order valence-corrected chi connectivity index (χ4v) is 1.53. The monoisotopic (exact) mass is 247 g/mol. The molecule has 0 atom stereocenters. The molecule has 5 heteroatoms. The van der Waals surface area contributed by atoms with Crippen molar-refractivity contribution < 1.29 is 9.53 Å². The van der Waals surface area contributed by atoms with Crippen molar-refractivity contribution in [3.8, 4) is 5.75 Å². The molecule has 3 nitrogen and oxygen atoms in total. The van der Waals surface area contributed by atoms with Gasteiger partial charge in [-0.25, -0.2) is 0 Å². The third-order valence-electron chi connectivity index (χ3n) is 2.01. The molecule has 0 aliphatic carbocycles. The van der Waals surface area contributed by atoms with Crippen molar-refractivity contribution in [3.05, 3.63) is 23.2 Å². The van der Waals surface area contributed by atoms with Crippen LogP contribution < -0.4 is 9.64 Å². The highest BCUT2D eigenvalue weighted by Gasteiger charge is 2.11. The van der Waals surface area contributed by atoms with Gasteiger partial charge in [0.25, 0.3) is 0 Å². The van der Waals surface area contributed by atoms with Gasteiger partial charge in [-0.3, -0.25) is 4.79 Å². The number of hydrogen-bond acceptors (Lipinski definition) is 2. The number of anilines is 1. The number of nitrogens with zero attached hydrogens (tertiary/aromatic N) is 1. The summed E-state index contributed by atoms with van der Waals surface area (Å²) in [6.45, 7) is 0. The molecule has 1 amide bonds. The van der Waals surface area contributed by atoms with Gasteiger partial charge in [-0.1, -0.05) is 11.6 Å². The van der Waals surface area contributed by atoms with Gasteiger partial charge in [0.1, 0.15) is 11.6 Å². The molecule has 82 valence electrons. The lowest BCUT2D eigenvalue weighted by Gasteiger charge is -2.16. The van der Waals surface area contributed by atoms with Gasteiger partial charge in [0, 0.05) is 12.7 Å². The van der Waals surface area contributed by atoms with E-state index < -0.39 is 0 Å². The van der Waals surface area contributed by atoms with Crippen molar-refractivity contribution >= 4 is 34.8 Å². The molecule has 15 heavy (non-hydrogen) atoms. The predicted octanol–water partition coefficient (Wildman–Crippen LogP) is 2.55. The van der Waals surface area contributed by atoms with Gasteiger partial charge >= 0.3 is 0 Å². The molecule has 0 bridgehead atoms. The van der Waals surface area contributed by atoms with E-state index in [1.165, 1.54) is 12.0 Å². The molecule has 0 spiro atoms. The Balaban J connectivity index is 2.97. The molecular weight excluding hydrogens is 237 g/mol. The van der Waals surface area contributed by atoms with Crippen LogP contribution in [0.1, 0.15) is 0 Å². The molecule has 0 heterocycles. The van der Waals surface area contributed by atoms with Crippen molar-refractivity contribution in [1.29, 1.82) is 0 Å². The second-order valence-corrected chi connectivity index (χ2v) is 3.58. The number of carbonyl (C=O) groups excluding carboxylic acids is 1. The summed E-state index contributed by atoms with van der Waals surface area (Å²) in [6.07, 6.45) is 0. The lowest BCUT2D eigenvalue weighted by molar-refractivity contribution is -0.116. The summed E-state index contributed by atoms with van der Waals surface area (Å²) in [5.41, 5.74) is 0.687. The number of alkyl halides is 1. The van der Waals surface area contributed by atoms with Crippen molar-refractivity contribution in [2.75, 3.05) is 24.9 Å². The van der Waals surface area contributed by atoms with Gasteiger partial charge in [-0.15, -0.1) is 11.6 Å². The van der Waals surface area contributed by atoms with Crippen molar-refractivity contribution in [3.63, 3.8) is 0 Å². The Kier molecular flexibility index (Phi) is 4.24. The van der Waals surface area contributed by atoms with E-state index >= 15 is 0 Å². The minimum absolute atomic E-state index is 0.0554. The highest BCUT2D eigenvalue weighted by molar-refractivity contribution is 6.32. The maximum atomic E-state index is 11.3. The van der Waals surface area contributed by atoms with Gasteiger partial charge < -0.3 is 9.64 Å². The summed E-state index contributed by atoms with van der Waals surface area (Å²) in [5.74, 6) is 0.338. The summed E-state index contributed by atoms with van der Waals surface area (Å²) in [5, 5.41) is 0.462. The van der Waals surface area contributed by atoms with E-state index in [0.717, 1.165) is 0 Å². The molecule has 1 aromatic rings. The first-order chi connectivity index (χ1) is 7.10. The number of rotatable bonds is 3. The molecule has 0 N–H and O–H groups in total. The molecule has 0 fully saturated rings. The van der Waals surface area contributed by atoms with Crippen molar-refractivity contribution in [2.45, 2.75) is 0 Å². The van der Waals surface area contributed by atoms with E-state index in [9.17, 15) is 4.79 Å². The van der Waals surface area contributed by atoms with Crippen LogP contribution in [-0.2, 0) is 4.79 Å². The van der Waals surface area contributed by atoms with Crippen LogP contribution in [0.4, 0.5) is 5.69 Å². The minimum atomic E-state index is -0.182. The van der Waals surface area contributed by atoms with E-state index in [0.29, 0.717) is 16.5 Å². The maximum absolute atomic E-state index is 11.3. The van der Waals surface area contributed by atoms with Crippen molar-refractivity contribution in [1.82, 2.24) is 0 Å². The minimum Gasteiger partial charge on any atom is -0.495 e. The fraction of sp³-hybridized carbons (Fsp3) is 0.300. The molecule has 0 radical (unpaired) electrons. The Morgan fingerprint density at radius 2 is 2.20 bits per heavy atom. The van der Waals surface area contributed by atoms with Crippen LogP contribution in [-0.4, -0.2) is 25.9 Å². The molecule has 0 aromatic heterocycles. The van der Waals surface area contributed by atoms with Crippen molar-refractivity contribution in [2.24, 2.45) is 0 Å². The first kappa shape index (κ1) is 12.1. The summed E-state index contributed by atoms with van der Waals surface area (Å²) in [6, 6.07) is 5.11. The average molecular weight is 248 g/mol. The average Bonchev–Trinajstić information content (AvgIpc) is 2.26. The quantitative estimate of drug-likeness (QED) is 0.769. The summed E-state index contributed by atoms with van der Waals surface area (Å²) >= 11 is 11.4. The van der Waals surface area contributed by atoms with E-state index in [1.54, 1.807) is 25.2 Å². The molecular formula is C10H11Cl2NO2. The highest BCUT2D eigenvalue weighted by Crippen LogP contribution is 2.28. The van der Waals surface area contributed by atoms with E-state index in [1.807, 2.05) is 0 Å². The summed E-state index contributed by atoms with van der Waals surface area (Å²) in [7, 11) is 3.18. The zero-order valence-corrected chi connectivity index (χ0v) is 9.97.